The van der Waals surface area contributed by atoms with Crippen molar-refractivity contribution in [1.29, 1.82) is 0 Å². The van der Waals surface area contributed by atoms with Crippen molar-refractivity contribution in [2.24, 2.45) is 5.73 Å². The zero-order chi connectivity index (χ0) is 13.0. The van der Waals surface area contributed by atoms with E-state index in [0.717, 1.165) is 25.9 Å². The second-order valence-corrected chi connectivity index (χ2v) is 4.36. The summed E-state index contributed by atoms with van der Waals surface area (Å²) in [6.45, 7) is 1.61. The second-order valence-electron chi connectivity index (χ2n) is 4.36. The molecule has 0 spiro atoms. The Morgan fingerprint density at radius 1 is 1.44 bits per heavy atom. The molecule has 0 saturated carbocycles. The van der Waals surface area contributed by atoms with E-state index in [1.54, 1.807) is 12.1 Å². The van der Waals surface area contributed by atoms with E-state index in [1.165, 1.54) is 11.2 Å². The van der Waals surface area contributed by atoms with Gasteiger partial charge in [0, 0.05) is 6.04 Å². The van der Waals surface area contributed by atoms with Crippen LogP contribution in [0.3, 0.4) is 0 Å². The second kappa shape index (κ2) is 5.68. The number of rotatable bonds is 4. The lowest BCUT2D eigenvalue weighted by molar-refractivity contribution is -0.119. The summed E-state index contributed by atoms with van der Waals surface area (Å²) < 4.78 is 5.09. The van der Waals surface area contributed by atoms with Crippen molar-refractivity contribution < 1.29 is 14.0 Å². The Hall–Kier alpha value is -1.82. The Bertz CT molecular complexity index is 410. The molecule has 6 nitrogen and oxygen atoms in total. The van der Waals surface area contributed by atoms with Crippen LogP contribution in [0.15, 0.2) is 22.8 Å². The van der Waals surface area contributed by atoms with E-state index in [1.807, 2.05) is 0 Å². The Morgan fingerprint density at radius 2 is 2.17 bits per heavy atom. The summed E-state index contributed by atoms with van der Waals surface area (Å²) in [6, 6.07) is 3.28. The number of furan rings is 1. The van der Waals surface area contributed by atoms with Gasteiger partial charge in [0.1, 0.15) is 6.54 Å². The third kappa shape index (κ3) is 2.89. The predicted octanol–water partition coefficient (Wildman–Crippen LogP) is -0.0409. The molecule has 2 amide bonds. The third-order valence-corrected chi connectivity index (χ3v) is 3.07. The lowest BCUT2D eigenvalue weighted by atomic mass is 10.0. The summed E-state index contributed by atoms with van der Waals surface area (Å²) in [5.41, 5.74) is 5.21. The van der Waals surface area contributed by atoms with E-state index in [0.29, 0.717) is 0 Å². The topological polar surface area (TPSA) is 88.6 Å². The van der Waals surface area contributed by atoms with E-state index >= 15 is 0 Å². The summed E-state index contributed by atoms with van der Waals surface area (Å²) in [4.78, 5) is 24.9. The van der Waals surface area contributed by atoms with Gasteiger partial charge in [-0.3, -0.25) is 9.59 Å². The van der Waals surface area contributed by atoms with Crippen LogP contribution < -0.4 is 11.1 Å². The van der Waals surface area contributed by atoms with Crippen molar-refractivity contribution in [1.82, 2.24) is 10.2 Å². The normalized spacial score (nSPS) is 16.4. The molecule has 2 heterocycles. The number of nitrogens with one attached hydrogen (secondary N) is 1. The predicted molar refractivity (Wildman–Crippen MR) is 64.8 cm³/mol. The van der Waals surface area contributed by atoms with E-state index in [-0.39, 0.29) is 24.3 Å². The number of nitrogens with zero attached hydrogens (tertiary/aromatic N) is 1. The molecule has 0 bridgehead atoms. The maximum absolute atomic E-state index is 12.2. The van der Waals surface area contributed by atoms with Crippen LogP contribution >= 0.6 is 0 Å². The van der Waals surface area contributed by atoms with Crippen molar-refractivity contribution in [2.45, 2.75) is 18.9 Å². The van der Waals surface area contributed by atoms with Crippen LogP contribution in [0.25, 0.3) is 0 Å². The number of piperidine rings is 1. The lowest BCUT2D eigenvalue weighted by Crippen LogP contribution is -2.49. The summed E-state index contributed by atoms with van der Waals surface area (Å²) in [6.07, 6.45) is 3.08. The van der Waals surface area contributed by atoms with Crippen molar-refractivity contribution in [3.05, 3.63) is 24.2 Å². The number of nitrogens with two attached hydrogens (primary N) is 1. The smallest absolute Gasteiger partial charge is 0.290 e. The molecule has 0 unspecified atom stereocenters. The van der Waals surface area contributed by atoms with E-state index < -0.39 is 5.91 Å². The minimum absolute atomic E-state index is 0.0383. The molecule has 1 aliphatic heterocycles. The molecular weight excluding hydrogens is 234 g/mol. The summed E-state index contributed by atoms with van der Waals surface area (Å²) in [7, 11) is 0. The van der Waals surface area contributed by atoms with Crippen molar-refractivity contribution in [3.8, 4) is 0 Å². The molecule has 1 saturated heterocycles. The Balaban J connectivity index is 2.13. The van der Waals surface area contributed by atoms with Crippen LogP contribution in [0, 0.1) is 0 Å². The van der Waals surface area contributed by atoms with E-state index in [2.05, 4.69) is 5.32 Å². The van der Waals surface area contributed by atoms with Crippen LogP contribution in [-0.4, -0.2) is 42.4 Å². The van der Waals surface area contributed by atoms with Gasteiger partial charge in [0.2, 0.25) is 5.91 Å². The molecule has 98 valence electrons. The zero-order valence-corrected chi connectivity index (χ0v) is 10.1. The highest BCUT2D eigenvalue weighted by atomic mass is 16.3. The molecule has 0 aliphatic carbocycles. The Labute approximate surface area is 105 Å². The van der Waals surface area contributed by atoms with Crippen LogP contribution in [0.2, 0.25) is 0 Å². The fraction of sp³-hybridized carbons (Fsp3) is 0.500. The fourth-order valence-electron chi connectivity index (χ4n) is 2.19. The first-order valence-corrected chi connectivity index (χ1v) is 6.02. The first-order chi connectivity index (χ1) is 8.68. The van der Waals surface area contributed by atoms with Crippen LogP contribution in [0.1, 0.15) is 23.4 Å². The summed E-state index contributed by atoms with van der Waals surface area (Å²) >= 11 is 0. The van der Waals surface area contributed by atoms with Gasteiger partial charge in [0.05, 0.1) is 6.26 Å². The van der Waals surface area contributed by atoms with E-state index in [9.17, 15) is 9.59 Å². The molecule has 0 radical (unpaired) electrons. The highest BCUT2D eigenvalue weighted by molar-refractivity contribution is 5.94. The van der Waals surface area contributed by atoms with Gasteiger partial charge in [0.25, 0.3) is 5.91 Å². The van der Waals surface area contributed by atoms with Crippen molar-refractivity contribution in [2.75, 3.05) is 19.6 Å². The molecule has 18 heavy (non-hydrogen) atoms. The van der Waals surface area contributed by atoms with Crippen molar-refractivity contribution in [3.63, 3.8) is 0 Å². The van der Waals surface area contributed by atoms with E-state index in [4.69, 9.17) is 10.2 Å². The van der Waals surface area contributed by atoms with Crippen LogP contribution in [0.5, 0.6) is 0 Å². The van der Waals surface area contributed by atoms with Crippen LogP contribution in [-0.2, 0) is 4.79 Å². The summed E-state index contributed by atoms with van der Waals surface area (Å²) in [5, 5.41) is 3.22. The zero-order valence-electron chi connectivity index (χ0n) is 10.1. The first-order valence-electron chi connectivity index (χ1n) is 6.02. The largest absolute Gasteiger partial charge is 0.459 e. The van der Waals surface area contributed by atoms with Gasteiger partial charge in [-0.1, -0.05) is 0 Å². The highest BCUT2D eigenvalue weighted by Crippen LogP contribution is 2.15. The molecule has 1 aromatic rings. The number of carbonyl (C=O) groups is 2. The van der Waals surface area contributed by atoms with Gasteiger partial charge in [-0.25, -0.2) is 0 Å². The van der Waals surface area contributed by atoms with Gasteiger partial charge >= 0.3 is 0 Å². The molecule has 2 rings (SSSR count). The Kier molecular flexibility index (Phi) is 3.99. The maximum atomic E-state index is 12.2. The summed E-state index contributed by atoms with van der Waals surface area (Å²) in [5.74, 6) is -0.533. The molecule has 1 fully saturated rings. The lowest BCUT2D eigenvalue weighted by Gasteiger charge is -2.33. The molecule has 1 aliphatic rings. The minimum atomic E-state index is -0.506. The SMILES string of the molecule is NC(=O)CN(C(=O)c1ccco1)C1CCNCC1. The quantitative estimate of drug-likeness (QED) is 0.785. The number of primary amides is 1. The van der Waals surface area contributed by atoms with Gasteiger partial charge in [-0.15, -0.1) is 0 Å². The average Bonchev–Trinajstić information content (AvgIpc) is 2.90. The monoisotopic (exact) mass is 251 g/mol. The highest BCUT2D eigenvalue weighted by Gasteiger charge is 2.28. The number of hydrogen-bond acceptors (Lipinski definition) is 4. The molecule has 1 aromatic heterocycles. The number of amides is 2. The van der Waals surface area contributed by atoms with Gasteiger partial charge in [0.15, 0.2) is 5.76 Å². The maximum Gasteiger partial charge on any atom is 0.290 e. The molecule has 6 heteroatoms. The Morgan fingerprint density at radius 3 is 2.72 bits per heavy atom. The fourth-order valence-corrected chi connectivity index (χ4v) is 2.19. The molecule has 0 aromatic carbocycles. The van der Waals surface area contributed by atoms with Crippen LogP contribution in [0.4, 0.5) is 0 Å². The number of hydrogen-bond donors (Lipinski definition) is 2. The molecular formula is C12H17N3O3. The van der Waals surface area contributed by atoms with Gasteiger partial charge in [-0.2, -0.15) is 0 Å². The standard InChI is InChI=1S/C12H17N3O3/c13-11(16)8-15(9-3-5-14-6-4-9)12(17)10-2-1-7-18-10/h1-2,7,9,14H,3-6,8H2,(H2,13,16). The molecule has 3 N–H and O–H groups in total. The van der Waals surface area contributed by atoms with Crippen molar-refractivity contribution >= 4 is 11.8 Å². The van der Waals surface area contributed by atoms with Gasteiger partial charge in [-0.05, 0) is 38.1 Å². The van der Waals surface area contributed by atoms with Gasteiger partial charge < -0.3 is 20.4 Å². The number of carbonyl (C=O) groups excluding carboxylic acids is 2. The third-order valence-electron chi connectivity index (χ3n) is 3.07. The average molecular weight is 251 g/mol. The molecule has 0 atom stereocenters. The minimum Gasteiger partial charge on any atom is -0.459 e. The first kappa shape index (κ1) is 12.6.